The number of likely N-dealkylation sites (N-methyl/N-ethyl adjacent to an activating group) is 1. The second kappa shape index (κ2) is 8.63. The van der Waals surface area contributed by atoms with Crippen LogP contribution in [0.1, 0.15) is 17.3 Å². The standard InChI is InChI=1S/C21H27ClN4O/c1-4-25-10-12-26(13-11-25)20-9-8-17(22)15-19(20)23-21(27)16-6-5-7-18(14-16)24(2)3/h5-9,14-15H,4,10-13H2,1-3H3,(H,23,27). The maximum atomic E-state index is 12.8. The number of carbonyl (C=O) groups is 1. The van der Waals surface area contributed by atoms with Crippen molar-refractivity contribution in [1.82, 2.24) is 4.90 Å². The summed E-state index contributed by atoms with van der Waals surface area (Å²) in [5, 5.41) is 3.67. The molecule has 0 bridgehead atoms. The Morgan fingerprint density at radius 2 is 1.85 bits per heavy atom. The number of piperazine rings is 1. The summed E-state index contributed by atoms with van der Waals surface area (Å²) in [4.78, 5) is 19.6. The molecule has 5 nitrogen and oxygen atoms in total. The maximum absolute atomic E-state index is 12.8. The lowest BCUT2D eigenvalue weighted by Crippen LogP contribution is -2.46. The normalized spacial score (nSPS) is 14.9. The number of hydrogen-bond donors (Lipinski definition) is 1. The Bertz CT molecular complexity index is 801. The van der Waals surface area contributed by atoms with Crippen LogP contribution in [0.2, 0.25) is 5.02 Å². The van der Waals surface area contributed by atoms with Gasteiger partial charge in [0, 0.05) is 56.5 Å². The van der Waals surface area contributed by atoms with Gasteiger partial charge in [-0.2, -0.15) is 0 Å². The number of benzene rings is 2. The first-order valence-electron chi connectivity index (χ1n) is 9.33. The smallest absolute Gasteiger partial charge is 0.255 e. The molecule has 1 aliphatic heterocycles. The van der Waals surface area contributed by atoms with Crippen molar-refractivity contribution in [3.8, 4) is 0 Å². The molecule has 1 fully saturated rings. The van der Waals surface area contributed by atoms with Crippen LogP contribution in [0.4, 0.5) is 17.1 Å². The van der Waals surface area contributed by atoms with Gasteiger partial charge in [0.05, 0.1) is 11.4 Å². The fraction of sp³-hybridized carbons (Fsp3) is 0.381. The number of hydrogen-bond acceptors (Lipinski definition) is 4. The second-order valence-corrected chi connectivity index (χ2v) is 7.42. The van der Waals surface area contributed by atoms with Gasteiger partial charge in [-0.15, -0.1) is 0 Å². The molecular weight excluding hydrogens is 360 g/mol. The number of nitrogens with one attached hydrogen (secondary N) is 1. The zero-order valence-electron chi connectivity index (χ0n) is 16.2. The first-order valence-corrected chi connectivity index (χ1v) is 9.71. The number of carbonyl (C=O) groups excluding carboxylic acids is 1. The van der Waals surface area contributed by atoms with Gasteiger partial charge in [-0.05, 0) is 42.9 Å². The summed E-state index contributed by atoms with van der Waals surface area (Å²) >= 11 is 6.21. The molecule has 2 aromatic rings. The predicted octanol–water partition coefficient (Wildman–Crippen LogP) is 3.80. The fourth-order valence-corrected chi connectivity index (χ4v) is 3.48. The van der Waals surface area contributed by atoms with Gasteiger partial charge in [0.15, 0.2) is 0 Å². The molecule has 2 aromatic carbocycles. The minimum atomic E-state index is -0.130. The van der Waals surface area contributed by atoms with Crippen molar-refractivity contribution >= 4 is 34.6 Å². The summed E-state index contributed by atoms with van der Waals surface area (Å²) in [5.41, 5.74) is 3.40. The first-order chi connectivity index (χ1) is 13.0. The summed E-state index contributed by atoms with van der Waals surface area (Å²) in [6.07, 6.45) is 0. The van der Waals surface area contributed by atoms with Gasteiger partial charge in [0.2, 0.25) is 0 Å². The van der Waals surface area contributed by atoms with Crippen LogP contribution < -0.4 is 15.1 Å². The van der Waals surface area contributed by atoms with Crippen LogP contribution in [-0.4, -0.2) is 57.6 Å². The number of rotatable bonds is 5. The van der Waals surface area contributed by atoms with E-state index in [1.54, 1.807) is 0 Å². The zero-order valence-corrected chi connectivity index (χ0v) is 17.0. The third-order valence-electron chi connectivity index (χ3n) is 4.99. The minimum Gasteiger partial charge on any atom is -0.378 e. The lowest BCUT2D eigenvalue weighted by Gasteiger charge is -2.36. The van der Waals surface area contributed by atoms with Crippen LogP contribution in [0.3, 0.4) is 0 Å². The molecule has 144 valence electrons. The molecule has 0 saturated carbocycles. The van der Waals surface area contributed by atoms with Crippen LogP contribution in [0.25, 0.3) is 0 Å². The summed E-state index contributed by atoms with van der Waals surface area (Å²) in [5.74, 6) is -0.130. The highest BCUT2D eigenvalue weighted by molar-refractivity contribution is 6.31. The van der Waals surface area contributed by atoms with Crippen molar-refractivity contribution in [3.05, 3.63) is 53.1 Å². The van der Waals surface area contributed by atoms with E-state index in [1.807, 2.05) is 61.5 Å². The van der Waals surface area contributed by atoms with Crippen LogP contribution in [0.15, 0.2) is 42.5 Å². The predicted molar refractivity (Wildman–Crippen MR) is 115 cm³/mol. The van der Waals surface area contributed by atoms with E-state index < -0.39 is 0 Å². The van der Waals surface area contributed by atoms with Gasteiger partial charge >= 0.3 is 0 Å². The quantitative estimate of drug-likeness (QED) is 0.848. The van der Waals surface area contributed by atoms with Crippen molar-refractivity contribution in [3.63, 3.8) is 0 Å². The van der Waals surface area contributed by atoms with E-state index in [4.69, 9.17) is 11.6 Å². The summed E-state index contributed by atoms with van der Waals surface area (Å²) in [6, 6.07) is 13.3. The molecule has 1 N–H and O–H groups in total. The highest BCUT2D eigenvalue weighted by atomic mass is 35.5. The summed E-state index contributed by atoms with van der Waals surface area (Å²) < 4.78 is 0. The van der Waals surface area contributed by atoms with E-state index >= 15 is 0 Å². The van der Waals surface area contributed by atoms with Crippen molar-refractivity contribution < 1.29 is 4.79 Å². The van der Waals surface area contributed by atoms with Gasteiger partial charge < -0.3 is 20.0 Å². The zero-order chi connectivity index (χ0) is 19.4. The molecule has 1 aliphatic rings. The lowest BCUT2D eigenvalue weighted by molar-refractivity contribution is 0.102. The van der Waals surface area contributed by atoms with E-state index in [2.05, 4.69) is 22.0 Å². The third-order valence-corrected chi connectivity index (χ3v) is 5.23. The molecule has 0 radical (unpaired) electrons. The molecule has 0 aliphatic carbocycles. The highest BCUT2D eigenvalue weighted by Crippen LogP contribution is 2.30. The van der Waals surface area contributed by atoms with Crippen molar-refractivity contribution in [2.24, 2.45) is 0 Å². The number of halogens is 1. The number of amides is 1. The van der Waals surface area contributed by atoms with Gasteiger partial charge in [-0.1, -0.05) is 24.6 Å². The number of nitrogens with zero attached hydrogens (tertiary/aromatic N) is 3. The topological polar surface area (TPSA) is 38.8 Å². The van der Waals surface area contributed by atoms with E-state index in [0.717, 1.165) is 49.8 Å². The van der Waals surface area contributed by atoms with E-state index in [-0.39, 0.29) is 5.91 Å². The van der Waals surface area contributed by atoms with Crippen molar-refractivity contribution in [2.75, 3.05) is 61.9 Å². The van der Waals surface area contributed by atoms with Crippen molar-refractivity contribution in [2.45, 2.75) is 6.92 Å². The Hall–Kier alpha value is -2.24. The first kappa shape index (κ1) is 19.5. The molecule has 0 unspecified atom stereocenters. The molecule has 3 rings (SSSR count). The highest BCUT2D eigenvalue weighted by Gasteiger charge is 2.19. The lowest BCUT2D eigenvalue weighted by atomic mass is 10.1. The fourth-order valence-electron chi connectivity index (χ4n) is 3.31. The van der Waals surface area contributed by atoms with E-state index in [9.17, 15) is 4.79 Å². The van der Waals surface area contributed by atoms with Gasteiger partial charge in [0.25, 0.3) is 5.91 Å². The Morgan fingerprint density at radius 3 is 2.52 bits per heavy atom. The molecule has 27 heavy (non-hydrogen) atoms. The maximum Gasteiger partial charge on any atom is 0.255 e. The Kier molecular flexibility index (Phi) is 6.24. The molecule has 0 spiro atoms. The van der Waals surface area contributed by atoms with E-state index in [0.29, 0.717) is 10.6 Å². The molecule has 0 atom stereocenters. The van der Waals surface area contributed by atoms with Crippen molar-refractivity contribution in [1.29, 1.82) is 0 Å². The summed E-state index contributed by atoms with van der Waals surface area (Å²) in [7, 11) is 3.92. The Morgan fingerprint density at radius 1 is 1.11 bits per heavy atom. The molecule has 6 heteroatoms. The second-order valence-electron chi connectivity index (χ2n) is 6.98. The van der Waals surface area contributed by atoms with Crippen LogP contribution in [-0.2, 0) is 0 Å². The Balaban J connectivity index is 1.81. The minimum absolute atomic E-state index is 0.130. The number of anilines is 3. The van der Waals surface area contributed by atoms with Gasteiger partial charge in [-0.25, -0.2) is 0 Å². The third kappa shape index (κ3) is 4.73. The SMILES string of the molecule is CCN1CCN(c2ccc(Cl)cc2NC(=O)c2cccc(N(C)C)c2)CC1. The van der Waals surface area contributed by atoms with E-state index in [1.165, 1.54) is 0 Å². The van der Waals surface area contributed by atoms with Gasteiger partial charge in [-0.3, -0.25) is 4.79 Å². The monoisotopic (exact) mass is 386 g/mol. The molecule has 1 amide bonds. The summed E-state index contributed by atoms with van der Waals surface area (Å²) in [6.45, 7) is 7.18. The molecule has 1 saturated heterocycles. The molecular formula is C21H27ClN4O. The van der Waals surface area contributed by atoms with Gasteiger partial charge in [0.1, 0.15) is 0 Å². The average Bonchev–Trinajstić information content (AvgIpc) is 2.68. The Labute approximate surface area is 166 Å². The average molecular weight is 387 g/mol. The van der Waals surface area contributed by atoms with Crippen LogP contribution in [0, 0.1) is 0 Å². The molecule has 0 aromatic heterocycles. The van der Waals surface area contributed by atoms with Crippen LogP contribution >= 0.6 is 11.6 Å². The van der Waals surface area contributed by atoms with Crippen LogP contribution in [0.5, 0.6) is 0 Å². The largest absolute Gasteiger partial charge is 0.378 e. The molecule has 1 heterocycles.